The number of rotatable bonds is 5. The Morgan fingerprint density at radius 2 is 1.75 bits per heavy atom. The van der Waals surface area contributed by atoms with Crippen LogP contribution in [0.25, 0.3) is 17.2 Å². The van der Waals surface area contributed by atoms with Crippen molar-refractivity contribution < 1.29 is 9.53 Å². The Labute approximate surface area is 216 Å². The third kappa shape index (κ3) is 6.47. The number of hydrogen-bond acceptors (Lipinski definition) is 3. The largest absolute Gasteiger partial charge is 0.493 e. The van der Waals surface area contributed by atoms with Gasteiger partial charge in [0.1, 0.15) is 5.75 Å². The third-order valence-electron chi connectivity index (χ3n) is 7.88. The van der Waals surface area contributed by atoms with E-state index in [2.05, 4.69) is 59.6 Å². The van der Waals surface area contributed by atoms with Gasteiger partial charge in [0, 0.05) is 43.2 Å². The highest BCUT2D eigenvalue weighted by molar-refractivity contribution is 5.98. The first-order valence-corrected chi connectivity index (χ1v) is 13.9. The van der Waals surface area contributed by atoms with Crippen molar-refractivity contribution >= 4 is 12.0 Å². The zero-order valence-corrected chi connectivity index (χ0v) is 21.7. The molecule has 1 saturated heterocycles. The first-order valence-electron chi connectivity index (χ1n) is 13.9. The Kier molecular flexibility index (Phi) is 8.22. The van der Waals surface area contributed by atoms with Gasteiger partial charge >= 0.3 is 0 Å². The molecule has 0 unspecified atom stereocenters. The molecule has 1 aliphatic carbocycles. The zero-order chi connectivity index (χ0) is 24.7. The van der Waals surface area contributed by atoms with Crippen molar-refractivity contribution in [2.45, 2.75) is 70.8 Å². The molecule has 0 saturated carbocycles. The lowest BCUT2D eigenvalue weighted by Crippen LogP contribution is -2.45. The number of hydrogen-bond donors (Lipinski definition) is 1. The second kappa shape index (κ2) is 11.9. The molecule has 0 atom stereocenters. The van der Waals surface area contributed by atoms with Gasteiger partial charge in [-0.25, -0.2) is 0 Å². The number of amides is 1. The molecule has 0 aromatic heterocycles. The molecule has 3 aliphatic rings. The maximum Gasteiger partial charge on any atom is 0.247 e. The number of piperidine rings is 1. The number of nitrogens with one attached hydrogen (secondary N) is 1. The second-order valence-electron chi connectivity index (χ2n) is 10.7. The van der Waals surface area contributed by atoms with Crippen molar-refractivity contribution in [3.63, 3.8) is 0 Å². The lowest BCUT2D eigenvalue weighted by molar-refractivity contribution is -0.118. The number of benzene rings is 2. The van der Waals surface area contributed by atoms with Crippen LogP contribution in [-0.2, 0) is 4.79 Å². The van der Waals surface area contributed by atoms with Gasteiger partial charge < -0.3 is 10.1 Å². The summed E-state index contributed by atoms with van der Waals surface area (Å²) >= 11 is 0. The summed E-state index contributed by atoms with van der Waals surface area (Å²) in [4.78, 5) is 15.8. The van der Waals surface area contributed by atoms with Crippen molar-refractivity contribution in [3.8, 4) is 16.9 Å². The predicted molar refractivity (Wildman–Crippen MR) is 148 cm³/mol. The molecule has 0 bridgehead atoms. The predicted octanol–water partition coefficient (Wildman–Crippen LogP) is 6.69. The molecule has 1 N–H and O–H groups in total. The van der Waals surface area contributed by atoms with Crippen molar-refractivity contribution in [2.24, 2.45) is 0 Å². The molecule has 1 amide bonds. The molecule has 1 fully saturated rings. The fraction of sp³-hybridized carbons (Fsp3) is 0.469. The number of allylic oxidation sites excluding steroid dienone is 1. The Hall–Kier alpha value is -2.85. The quantitative estimate of drug-likeness (QED) is 0.481. The molecule has 0 spiro atoms. The number of aryl methyl sites for hydroxylation is 1. The van der Waals surface area contributed by atoms with Gasteiger partial charge in [0.05, 0.1) is 6.61 Å². The zero-order valence-electron chi connectivity index (χ0n) is 21.7. The standard InChI is InChI=1S/C32H40N2O2/c1-24-9-11-26(12-10-24)27-13-14-31-29(21-27)22-28(17-20-36-31)32(35)33-30-15-18-34(19-16-30)23-25-7-5-3-2-4-6-8-25/h7,9-14,21-22,30H,2-6,8,15-20,23H2,1H3,(H,33,35)/b25-7+. The molecule has 4 heteroatoms. The van der Waals surface area contributed by atoms with E-state index >= 15 is 0 Å². The smallest absolute Gasteiger partial charge is 0.247 e. The van der Waals surface area contributed by atoms with E-state index in [1.165, 1.54) is 49.7 Å². The normalized spacial score (nSPS) is 21.0. The Morgan fingerprint density at radius 3 is 2.58 bits per heavy atom. The number of carbonyl (C=O) groups is 1. The van der Waals surface area contributed by atoms with Crippen molar-refractivity contribution in [3.05, 3.63) is 70.8 Å². The molecular weight excluding hydrogens is 444 g/mol. The van der Waals surface area contributed by atoms with Crippen LogP contribution in [0.3, 0.4) is 0 Å². The Balaban J connectivity index is 1.19. The van der Waals surface area contributed by atoms with Crippen molar-refractivity contribution in [1.82, 2.24) is 10.2 Å². The summed E-state index contributed by atoms with van der Waals surface area (Å²) in [5, 5.41) is 3.34. The molecule has 5 rings (SSSR count). The highest BCUT2D eigenvalue weighted by Gasteiger charge is 2.23. The van der Waals surface area contributed by atoms with E-state index in [0.29, 0.717) is 13.0 Å². The lowest BCUT2D eigenvalue weighted by Gasteiger charge is -2.33. The minimum Gasteiger partial charge on any atom is -0.493 e. The lowest BCUT2D eigenvalue weighted by atomic mass is 9.98. The fourth-order valence-corrected chi connectivity index (χ4v) is 5.63. The first-order chi connectivity index (χ1) is 17.6. The topological polar surface area (TPSA) is 41.6 Å². The number of fused-ring (bicyclic) bond motifs is 1. The van der Waals surface area contributed by atoms with Gasteiger partial charge in [0.15, 0.2) is 0 Å². The van der Waals surface area contributed by atoms with Crippen LogP contribution in [0.15, 0.2) is 59.7 Å². The second-order valence-corrected chi connectivity index (χ2v) is 10.7. The molecule has 2 aliphatic heterocycles. The minimum atomic E-state index is 0.0633. The van der Waals surface area contributed by atoms with Gasteiger partial charge in [0.2, 0.25) is 5.91 Å². The Morgan fingerprint density at radius 1 is 0.972 bits per heavy atom. The maximum atomic E-state index is 13.2. The third-order valence-corrected chi connectivity index (χ3v) is 7.88. The van der Waals surface area contributed by atoms with Crippen LogP contribution in [0.4, 0.5) is 0 Å². The average Bonchev–Trinajstić information content (AvgIpc) is 3.09. The van der Waals surface area contributed by atoms with E-state index in [-0.39, 0.29) is 11.9 Å². The summed E-state index contributed by atoms with van der Waals surface area (Å²) in [5.74, 6) is 0.916. The van der Waals surface area contributed by atoms with E-state index in [0.717, 1.165) is 54.9 Å². The van der Waals surface area contributed by atoms with Crippen LogP contribution in [-0.4, -0.2) is 43.1 Å². The summed E-state index contributed by atoms with van der Waals surface area (Å²) in [6, 6.07) is 15.1. The fourth-order valence-electron chi connectivity index (χ4n) is 5.63. The molecule has 0 radical (unpaired) electrons. The highest BCUT2D eigenvalue weighted by atomic mass is 16.5. The van der Waals surface area contributed by atoms with Gasteiger partial charge in [-0.05, 0) is 74.8 Å². The van der Waals surface area contributed by atoms with E-state index in [9.17, 15) is 4.79 Å². The first kappa shape index (κ1) is 24.8. The Bertz CT molecular complexity index is 1110. The van der Waals surface area contributed by atoms with E-state index in [1.807, 2.05) is 12.1 Å². The summed E-state index contributed by atoms with van der Waals surface area (Å²) in [5.41, 5.74) is 6.99. The van der Waals surface area contributed by atoms with Gasteiger partial charge in [-0.2, -0.15) is 0 Å². The SMILES string of the molecule is Cc1ccc(-c2ccc3c(c2)C=C(C(=O)NC2CCN(C/C4=C/CCCCCC4)CC2)CCO3)cc1. The molecule has 4 nitrogen and oxygen atoms in total. The minimum absolute atomic E-state index is 0.0633. The van der Waals surface area contributed by atoms with Crippen LogP contribution >= 0.6 is 0 Å². The molecular formula is C32H40N2O2. The van der Waals surface area contributed by atoms with Crippen molar-refractivity contribution in [2.75, 3.05) is 26.2 Å². The van der Waals surface area contributed by atoms with Gasteiger partial charge in [-0.3, -0.25) is 9.69 Å². The monoisotopic (exact) mass is 484 g/mol. The van der Waals surface area contributed by atoms with E-state index in [4.69, 9.17) is 4.74 Å². The van der Waals surface area contributed by atoms with Crippen molar-refractivity contribution in [1.29, 1.82) is 0 Å². The number of ether oxygens (including phenoxy) is 1. The summed E-state index contributed by atoms with van der Waals surface area (Å²) in [7, 11) is 0. The van der Waals surface area contributed by atoms with Crippen LogP contribution in [0.5, 0.6) is 5.75 Å². The summed E-state index contributed by atoms with van der Waals surface area (Å²) in [6.45, 7) is 5.87. The highest BCUT2D eigenvalue weighted by Crippen LogP contribution is 2.31. The number of likely N-dealkylation sites (tertiary alicyclic amines) is 1. The molecule has 190 valence electrons. The van der Waals surface area contributed by atoms with Gasteiger partial charge in [0.25, 0.3) is 0 Å². The van der Waals surface area contributed by atoms with Gasteiger partial charge in [-0.15, -0.1) is 0 Å². The van der Waals surface area contributed by atoms with E-state index < -0.39 is 0 Å². The number of carbonyl (C=O) groups excluding carboxylic acids is 1. The van der Waals surface area contributed by atoms with Crippen LogP contribution in [0.2, 0.25) is 0 Å². The summed E-state index contributed by atoms with van der Waals surface area (Å²) < 4.78 is 5.99. The maximum absolute atomic E-state index is 13.2. The molecule has 2 aromatic carbocycles. The van der Waals surface area contributed by atoms with Crippen LogP contribution < -0.4 is 10.1 Å². The average molecular weight is 485 g/mol. The molecule has 2 aromatic rings. The van der Waals surface area contributed by atoms with Crippen LogP contribution in [0.1, 0.15) is 68.9 Å². The molecule has 36 heavy (non-hydrogen) atoms. The number of nitrogens with zero attached hydrogens (tertiary/aromatic N) is 1. The van der Waals surface area contributed by atoms with E-state index in [1.54, 1.807) is 5.57 Å². The summed E-state index contributed by atoms with van der Waals surface area (Å²) in [6.07, 6.45) is 15.2. The van der Waals surface area contributed by atoms with Crippen LogP contribution in [0, 0.1) is 6.92 Å². The van der Waals surface area contributed by atoms with Gasteiger partial charge in [-0.1, -0.05) is 60.4 Å². The molecule has 2 heterocycles.